The molecule has 0 radical (unpaired) electrons. The van der Waals surface area contributed by atoms with Crippen molar-refractivity contribution in [2.75, 3.05) is 5.33 Å². The van der Waals surface area contributed by atoms with Crippen molar-refractivity contribution in [3.05, 3.63) is 47.3 Å². The summed E-state index contributed by atoms with van der Waals surface area (Å²) in [6.45, 7) is 0.381. The van der Waals surface area contributed by atoms with Crippen LogP contribution in [0.3, 0.4) is 0 Å². The number of hydrogen-bond donors (Lipinski definition) is 0. The van der Waals surface area contributed by atoms with Crippen molar-refractivity contribution in [2.45, 2.75) is 13.0 Å². The number of benzene rings is 1. The summed E-state index contributed by atoms with van der Waals surface area (Å²) in [7, 11) is 0. The third-order valence-electron chi connectivity index (χ3n) is 2.27. The highest BCUT2D eigenvalue weighted by atomic mass is 79.9. The van der Waals surface area contributed by atoms with E-state index >= 15 is 0 Å². The first-order valence-corrected chi connectivity index (χ1v) is 6.20. The average molecular weight is 302 g/mol. The van der Waals surface area contributed by atoms with Crippen LogP contribution in [0, 0.1) is 11.6 Å². The van der Waals surface area contributed by atoms with Gasteiger partial charge in [-0.15, -0.1) is 5.10 Å². The average Bonchev–Trinajstić information content (AvgIpc) is 2.72. The molecule has 0 aliphatic rings. The van der Waals surface area contributed by atoms with Gasteiger partial charge in [0.25, 0.3) is 0 Å². The minimum atomic E-state index is -0.844. The Hall–Kier alpha value is -1.30. The molecule has 2 aromatic rings. The van der Waals surface area contributed by atoms with Crippen LogP contribution in [0.1, 0.15) is 11.3 Å². The van der Waals surface area contributed by atoms with Crippen molar-refractivity contribution in [3.63, 3.8) is 0 Å². The summed E-state index contributed by atoms with van der Waals surface area (Å²) in [6, 6.07) is 3.81. The Bertz CT molecular complexity index is 513. The summed E-state index contributed by atoms with van der Waals surface area (Å²) in [4.78, 5) is 0. The van der Waals surface area contributed by atoms with E-state index in [2.05, 4.69) is 26.2 Å². The molecule has 3 nitrogen and oxygen atoms in total. The van der Waals surface area contributed by atoms with Gasteiger partial charge in [0.05, 0.1) is 12.2 Å². The Morgan fingerprint density at radius 1 is 1.24 bits per heavy atom. The molecule has 2 rings (SSSR count). The lowest BCUT2D eigenvalue weighted by atomic mass is 10.2. The SMILES string of the molecule is Fc1ccc(Cn2cc(CCBr)nn2)cc1F. The van der Waals surface area contributed by atoms with Crippen molar-refractivity contribution in [1.82, 2.24) is 15.0 Å². The van der Waals surface area contributed by atoms with Gasteiger partial charge in [0.2, 0.25) is 0 Å². The van der Waals surface area contributed by atoms with Crippen molar-refractivity contribution in [2.24, 2.45) is 0 Å². The van der Waals surface area contributed by atoms with Crippen LogP contribution in [0.25, 0.3) is 0 Å². The van der Waals surface area contributed by atoms with Crippen LogP contribution >= 0.6 is 15.9 Å². The summed E-state index contributed by atoms with van der Waals surface area (Å²) in [5.41, 5.74) is 1.52. The summed E-state index contributed by atoms with van der Waals surface area (Å²) in [5.74, 6) is -1.68. The number of hydrogen-bond acceptors (Lipinski definition) is 2. The Labute approximate surface area is 106 Å². The predicted octanol–water partition coefficient (Wildman–Crippen LogP) is 2.54. The van der Waals surface area contributed by atoms with Crippen LogP contribution in [0.15, 0.2) is 24.4 Å². The van der Waals surface area contributed by atoms with E-state index in [4.69, 9.17) is 0 Å². The molecule has 90 valence electrons. The molecule has 6 heteroatoms. The van der Waals surface area contributed by atoms with Gasteiger partial charge in [-0.2, -0.15) is 0 Å². The summed E-state index contributed by atoms with van der Waals surface area (Å²) < 4.78 is 27.3. The van der Waals surface area contributed by atoms with Crippen LogP contribution in [0.2, 0.25) is 0 Å². The molecule has 17 heavy (non-hydrogen) atoms. The molecule has 0 bridgehead atoms. The van der Waals surface area contributed by atoms with E-state index in [1.807, 2.05) is 0 Å². The van der Waals surface area contributed by atoms with Crippen LogP contribution in [0.4, 0.5) is 8.78 Å². The van der Waals surface area contributed by atoms with Crippen LogP contribution < -0.4 is 0 Å². The normalized spacial score (nSPS) is 10.8. The zero-order valence-electron chi connectivity index (χ0n) is 8.91. The monoisotopic (exact) mass is 301 g/mol. The topological polar surface area (TPSA) is 30.7 Å². The van der Waals surface area contributed by atoms with Gasteiger partial charge in [0, 0.05) is 17.9 Å². The third-order valence-corrected chi connectivity index (χ3v) is 2.66. The minimum Gasteiger partial charge on any atom is -0.248 e. The fourth-order valence-corrected chi connectivity index (χ4v) is 1.86. The molecule has 1 aromatic carbocycles. The molecule has 0 N–H and O–H groups in total. The smallest absolute Gasteiger partial charge is 0.159 e. The standard InChI is InChI=1S/C11H10BrF2N3/c12-4-3-9-7-17(16-15-9)6-8-1-2-10(13)11(14)5-8/h1-2,5,7H,3-4,6H2. The lowest BCUT2D eigenvalue weighted by Crippen LogP contribution is -2.01. The Balaban J connectivity index is 2.11. The molecule has 0 spiro atoms. The molecule has 0 amide bonds. The first-order valence-electron chi connectivity index (χ1n) is 5.08. The highest BCUT2D eigenvalue weighted by Gasteiger charge is 2.05. The van der Waals surface area contributed by atoms with E-state index < -0.39 is 11.6 Å². The first kappa shape index (κ1) is 12.2. The zero-order chi connectivity index (χ0) is 12.3. The van der Waals surface area contributed by atoms with E-state index in [1.54, 1.807) is 10.9 Å². The van der Waals surface area contributed by atoms with Crippen LogP contribution in [-0.4, -0.2) is 20.3 Å². The zero-order valence-corrected chi connectivity index (χ0v) is 10.5. The summed E-state index contributed by atoms with van der Waals surface area (Å²) in [5, 5.41) is 8.69. The molecule has 0 fully saturated rings. The quantitative estimate of drug-likeness (QED) is 0.813. The van der Waals surface area contributed by atoms with Gasteiger partial charge >= 0.3 is 0 Å². The van der Waals surface area contributed by atoms with Crippen LogP contribution in [-0.2, 0) is 13.0 Å². The Kier molecular flexibility index (Phi) is 3.83. The maximum Gasteiger partial charge on any atom is 0.159 e. The second-order valence-electron chi connectivity index (χ2n) is 3.59. The Morgan fingerprint density at radius 2 is 2.06 bits per heavy atom. The molecule has 0 saturated carbocycles. The number of halogens is 3. The lowest BCUT2D eigenvalue weighted by molar-refractivity contribution is 0.505. The highest BCUT2D eigenvalue weighted by molar-refractivity contribution is 9.09. The second kappa shape index (κ2) is 5.35. The fourth-order valence-electron chi connectivity index (χ4n) is 1.45. The second-order valence-corrected chi connectivity index (χ2v) is 4.39. The minimum absolute atomic E-state index is 0.381. The molecule has 0 aliphatic heterocycles. The maximum absolute atomic E-state index is 13.0. The number of nitrogens with zero attached hydrogens (tertiary/aromatic N) is 3. The van der Waals surface area contributed by atoms with E-state index in [1.165, 1.54) is 12.1 Å². The predicted molar refractivity (Wildman–Crippen MR) is 63.0 cm³/mol. The Morgan fingerprint density at radius 3 is 2.76 bits per heavy atom. The summed E-state index contributed by atoms with van der Waals surface area (Å²) in [6.07, 6.45) is 2.58. The first-order chi connectivity index (χ1) is 8.19. The largest absolute Gasteiger partial charge is 0.248 e. The number of rotatable bonds is 4. The van der Waals surface area contributed by atoms with Crippen molar-refractivity contribution in [3.8, 4) is 0 Å². The molecule has 0 saturated heterocycles. The number of alkyl halides is 1. The molecule has 0 atom stereocenters. The van der Waals surface area contributed by atoms with Gasteiger partial charge in [-0.05, 0) is 17.7 Å². The molecule has 0 aliphatic carbocycles. The van der Waals surface area contributed by atoms with Gasteiger partial charge in [0.1, 0.15) is 0 Å². The van der Waals surface area contributed by atoms with E-state index in [0.717, 1.165) is 23.5 Å². The molecule has 0 unspecified atom stereocenters. The van der Waals surface area contributed by atoms with Crippen molar-refractivity contribution < 1.29 is 8.78 Å². The van der Waals surface area contributed by atoms with Crippen LogP contribution in [0.5, 0.6) is 0 Å². The van der Waals surface area contributed by atoms with E-state index in [0.29, 0.717) is 12.1 Å². The van der Waals surface area contributed by atoms with Gasteiger partial charge in [-0.1, -0.05) is 27.2 Å². The van der Waals surface area contributed by atoms with Gasteiger partial charge in [-0.25, -0.2) is 13.5 Å². The molecular weight excluding hydrogens is 292 g/mol. The highest BCUT2D eigenvalue weighted by Crippen LogP contribution is 2.10. The summed E-state index contributed by atoms with van der Waals surface area (Å²) >= 11 is 3.31. The number of aromatic nitrogens is 3. The van der Waals surface area contributed by atoms with Gasteiger partial charge in [0.15, 0.2) is 11.6 Å². The lowest BCUT2D eigenvalue weighted by Gasteiger charge is -2.01. The van der Waals surface area contributed by atoms with E-state index in [-0.39, 0.29) is 0 Å². The molecule has 1 aromatic heterocycles. The van der Waals surface area contributed by atoms with Gasteiger partial charge in [-0.3, -0.25) is 0 Å². The third kappa shape index (κ3) is 3.09. The van der Waals surface area contributed by atoms with Gasteiger partial charge < -0.3 is 0 Å². The van der Waals surface area contributed by atoms with Crippen molar-refractivity contribution >= 4 is 15.9 Å². The maximum atomic E-state index is 13.0. The molecular formula is C11H10BrF2N3. The number of aryl methyl sites for hydroxylation is 1. The fraction of sp³-hybridized carbons (Fsp3) is 0.273. The molecule has 1 heterocycles. The van der Waals surface area contributed by atoms with E-state index in [9.17, 15) is 8.78 Å². The van der Waals surface area contributed by atoms with Crippen molar-refractivity contribution in [1.29, 1.82) is 0 Å².